The van der Waals surface area contributed by atoms with E-state index in [0.29, 0.717) is 22.8 Å². The normalized spacial score (nSPS) is 14.3. The third kappa shape index (κ3) is 2.42. The lowest BCUT2D eigenvalue weighted by Crippen LogP contribution is -2.16. The molecule has 90 valence electrons. The number of carbonyl (C=O) groups is 2. The lowest BCUT2D eigenvalue weighted by Gasteiger charge is -2.19. The molecule has 2 rings (SSSR count). The van der Waals surface area contributed by atoms with Gasteiger partial charge in [0.05, 0.1) is 5.56 Å². The van der Waals surface area contributed by atoms with Crippen LogP contribution >= 0.6 is 11.6 Å². The minimum absolute atomic E-state index is 0.0332. The summed E-state index contributed by atoms with van der Waals surface area (Å²) in [7, 11) is 0. The molecular weight excluding hydrogens is 244 g/mol. The van der Waals surface area contributed by atoms with Gasteiger partial charge in [-0.25, -0.2) is 4.79 Å². The van der Waals surface area contributed by atoms with Crippen LogP contribution < -0.4 is 4.74 Å². The Morgan fingerprint density at radius 3 is 2.88 bits per heavy atom. The fraction of sp³-hybridized carbons (Fsp3) is 0.333. The molecule has 0 bridgehead atoms. The molecule has 1 aromatic rings. The molecule has 0 amide bonds. The van der Waals surface area contributed by atoms with Crippen molar-refractivity contribution in [3.05, 3.63) is 28.3 Å². The molecule has 0 aliphatic heterocycles. The smallest absolute Gasteiger partial charge is 0.341 e. The highest BCUT2D eigenvalue weighted by Gasteiger charge is 2.24. The largest absolute Gasteiger partial charge is 0.481 e. The van der Waals surface area contributed by atoms with Crippen LogP contribution in [0.25, 0.3) is 0 Å². The van der Waals surface area contributed by atoms with Crippen LogP contribution in [0.3, 0.4) is 0 Å². The first-order valence-electron chi connectivity index (χ1n) is 5.28. The average molecular weight is 255 g/mol. The zero-order valence-electron chi connectivity index (χ0n) is 9.03. The molecule has 1 aliphatic carbocycles. The second kappa shape index (κ2) is 4.75. The summed E-state index contributed by atoms with van der Waals surface area (Å²) in [4.78, 5) is 22.3. The summed E-state index contributed by atoms with van der Waals surface area (Å²) >= 11 is 6.02. The van der Waals surface area contributed by atoms with Crippen molar-refractivity contribution in [2.75, 3.05) is 6.61 Å². The van der Waals surface area contributed by atoms with Crippen molar-refractivity contribution in [3.63, 3.8) is 0 Å². The van der Waals surface area contributed by atoms with Crippen molar-refractivity contribution in [2.24, 2.45) is 0 Å². The average Bonchev–Trinajstić information content (AvgIpc) is 2.29. The maximum atomic E-state index is 11.8. The Kier molecular flexibility index (Phi) is 3.33. The number of hydrogen-bond donors (Lipinski definition) is 1. The molecule has 0 radical (unpaired) electrons. The van der Waals surface area contributed by atoms with E-state index in [-0.39, 0.29) is 5.78 Å². The van der Waals surface area contributed by atoms with E-state index in [1.54, 1.807) is 12.1 Å². The second-order valence-electron chi connectivity index (χ2n) is 3.86. The van der Waals surface area contributed by atoms with Crippen molar-refractivity contribution < 1.29 is 19.4 Å². The van der Waals surface area contributed by atoms with Gasteiger partial charge in [0.2, 0.25) is 0 Å². The van der Waals surface area contributed by atoms with Gasteiger partial charge in [0, 0.05) is 11.4 Å². The van der Waals surface area contributed by atoms with Crippen molar-refractivity contribution >= 4 is 23.4 Å². The Morgan fingerprint density at radius 1 is 1.41 bits per heavy atom. The standard InChI is InChI=1S/C12H11ClO4/c13-8-4-5-10(17-6-11(15)16)12-7(8)2-1-3-9(12)14/h4-5H,1-3,6H2,(H,15,16). The van der Waals surface area contributed by atoms with E-state index in [1.807, 2.05) is 0 Å². The van der Waals surface area contributed by atoms with Crippen LogP contribution in [0.2, 0.25) is 5.02 Å². The quantitative estimate of drug-likeness (QED) is 0.899. The maximum absolute atomic E-state index is 11.8. The molecule has 4 nitrogen and oxygen atoms in total. The van der Waals surface area contributed by atoms with Crippen LogP contribution in [0.5, 0.6) is 5.75 Å². The molecule has 0 aromatic heterocycles. The number of halogens is 1. The highest BCUT2D eigenvalue weighted by atomic mass is 35.5. The van der Waals surface area contributed by atoms with E-state index in [4.69, 9.17) is 21.4 Å². The third-order valence-electron chi connectivity index (χ3n) is 2.68. The summed E-state index contributed by atoms with van der Waals surface area (Å²) < 4.78 is 5.11. The molecule has 0 saturated carbocycles. The monoisotopic (exact) mass is 254 g/mol. The number of ether oxygens (including phenoxy) is 1. The zero-order chi connectivity index (χ0) is 12.4. The van der Waals surface area contributed by atoms with E-state index in [0.717, 1.165) is 18.4 Å². The van der Waals surface area contributed by atoms with Crippen LogP contribution in [-0.2, 0) is 11.2 Å². The predicted octanol–water partition coefficient (Wildman–Crippen LogP) is 2.32. The highest BCUT2D eigenvalue weighted by Crippen LogP contribution is 2.34. The summed E-state index contributed by atoms with van der Waals surface area (Å²) in [5, 5.41) is 9.10. The topological polar surface area (TPSA) is 63.6 Å². The minimum atomic E-state index is -1.07. The number of carboxylic acids is 1. The molecule has 0 spiro atoms. The number of hydrogen-bond acceptors (Lipinski definition) is 3. The molecule has 1 aliphatic rings. The number of ketones is 1. The summed E-state index contributed by atoms with van der Waals surface area (Å²) in [6.07, 6.45) is 1.95. The van der Waals surface area contributed by atoms with Crippen LogP contribution in [0, 0.1) is 0 Å². The van der Waals surface area contributed by atoms with Gasteiger partial charge in [0.15, 0.2) is 12.4 Å². The predicted molar refractivity (Wildman–Crippen MR) is 61.9 cm³/mol. The number of aliphatic carboxylic acids is 1. The molecular formula is C12H11ClO4. The molecule has 0 atom stereocenters. The first-order chi connectivity index (χ1) is 8.09. The van der Waals surface area contributed by atoms with E-state index < -0.39 is 12.6 Å². The van der Waals surface area contributed by atoms with Crippen molar-refractivity contribution in [3.8, 4) is 5.75 Å². The van der Waals surface area contributed by atoms with Gasteiger partial charge in [-0.1, -0.05) is 11.6 Å². The molecule has 0 fully saturated rings. The van der Waals surface area contributed by atoms with Gasteiger partial charge in [-0.3, -0.25) is 4.79 Å². The van der Waals surface area contributed by atoms with Crippen LogP contribution in [-0.4, -0.2) is 23.5 Å². The molecule has 0 heterocycles. The Labute approximate surface area is 103 Å². The van der Waals surface area contributed by atoms with Gasteiger partial charge in [-0.15, -0.1) is 0 Å². The summed E-state index contributed by atoms with van der Waals surface area (Å²) in [5.41, 5.74) is 1.22. The maximum Gasteiger partial charge on any atom is 0.341 e. The number of fused-ring (bicyclic) bond motifs is 1. The van der Waals surface area contributed by atoms with E-state index in [2.05, 4.69) is 0 Å². The van der Waals surface area contributed by atoms with Gasteiger partial charge in [-0.2, -0.15) is 0 Å². The minimum Gasteiger partial charge on any atom is -0.481 e. The fourth-order valence-corrected chi connectivity index (χ4v) is 2.21. The molecule has 1 N–H and O–H groups in total. The van der Waals surface area contributed by atoms with Gasteiger partial charge >= 0.3 is 5.97 Å². The fourth-order valence-electron chi connectivity index (χ4n) is 1.96. The Balaban J connectivity index is 2.39. The van der Waals surface area contributed by atoms with Crippen LogP contribution in [0.15, 0.2) is 12.1 Å². The molecule has 17 heavy (non-hydrogen) atoms. The SMILES string of the molecule is O=C(O)COc1ccc(Cl)c2c1C(=O)CCC2. The van der Waals surface area contributed by atoms with Gasteiger partial charge in [0.1, 0.15) is 5.75 Å². The van der Waals surface area contributed by atoms with Crippen LogP contribution in [0.1, 0.15) is 28.8 Å². The van der Waals surface area contributed by atoms with Gasteiger partial charge < -0.3 is 9.84 Å². The Morgan fingerprint density at radius 2 is 2.18 bits per heavy atom. The van der Waals surface area contributed by atoms with Crippen molar-refractivity contribution in [1.82, 2.24) is 0 Å². The van der Waals surface area contributed by atoms with E-state index in [1.165, 1.54) is 0 Å². The number of benzene rings is 1. The molecule has 1 aromatic carbocycles. The first-order valence-corrected chi connectivity index (χ1v) is 5.66. The van der Waals surface area contributed by atoms with E-state index >= 15 is 0 Å². The van der Waals surface area contributed by atoms with Crippen LogP contribution in [0.4, 0.5) is 0 Å². The Hall–Kier alpha value is -1.55. The lowest BCUT2D eigenvalue weighted by atomic mass is 9.90. The number of Topliss-reactive ketones (excluding diaryl/α,β-unsaturated/α-hetero) is 1. The highest BCUT2D eigenvalue weighted by molar-refractivity contribution is 6.32. The van der Waals surface area contributed by atoms with Gasteiger partial charge in [0.25, 0.3) is 0 Å². The molecule has 5 heteroatoms. The number of carbonyl (C=O) groups excluding carboxylic acids is 1. The lowest BCUT2D eigenvalue weighted by molar-refractivity contribution is -0.139. The summed E-state index contributed by atoms with van der Waals surface area (Å²) in [6, 6.07) is 3.18. The molecule has 0 unspecified atom stereocenters. The Bertz CT molecular complexity index is 482. The zero-order valence-corrected chi connectivity index (χ0v) is 9.79. The molecule has 0 saturated heterocycles. The first kappa shape index (κ1) is 11.9. The van der Waals surface area contributed by atoms with Crippen molar-refractivity contribution in [1.29, 1.82) is 0 Å². The second-order valence-corrected chi connectivity index (χ2v) is 4.27. The summed E-state index contributed by atoms with van der Waals surface area (Å²) in [5.74, 6) is -0.789. The summed E-state index contributed by atoms with van der Waals surface area (Å²) in [6.45, 7) is -0.457. The third-order valence-corrected chi connectivity index (χ3v) is 3.03. The van der Waals surface area contributed by atoms with Gasteiger partial charge in [-0.05, 0) is 30.5 Å². The van der Waals surface area contributed by atoms with E-state index in [9.17, 15) is 9.59 Å². The number of rotatable bonds is 3. The van der Waals surface area contributed by atoms with Crippen molar-refractivity contribution in [2.45, 2.75) is 19.3 Å². The number of carboxylic acid groups (broad SMARTS) is 1.